The first-order chi connectivity index (χ1) is 14.5. The number of rotatable bonds is 6. The fourth-order valence-electron chi connectivity index (χ4n) is 9.39. The Morgan fingerprint density at radius 1 is 0.935 bits per heavy atom. The molecule has 0 N–H and O–H groups in total. The number of alkyl halides is 1. The molecular weight excluding hydrogens is 406 g/mol. The molecule has 4 aliphatic rings. The maximum absolute atomic E-state index is 11.6. The van der Waals surface area contributed by atoms with Crippen molar-refractivity contribution in [1.82, 2.24) is 0 Å². The predicted octanol–water partition coefficient (Wildman–Crippen LogP) is 8.32. The molecule has 0 spiro atoms. The van der Waals surface area contributed by atoms with E-state index in [1.165, 1.54) is 51.4 Å². The van der Waals surface area contributed by atoms with E-state index in [1.807, 2.05) is 0 Å². The summed E-state index contributed by atoms with van der Waals surface area (Å²) in [6.45, 7) is 12.4. The van der Waals surface area contributed by atoms with Crippen LogP contribution in [0.5, 0.6) is 0 Å². The molecular formula is C27H46ClNO2. The van der Waals surface area contributed by atoms with Crippen LogP contribution in [0.4, 0.5) is 0 Å². The quantitative estimate of drug-likeness (QED) is 0.176. The highest BCUT2D eigenvalue weighted by atomic mass is 35.5. The second-order valence-corrected chi connectivity index (χ2v) is 13.8. The number of nitro groups is 1. The number of halogens is 1. The molecule has 0 bridgehead atoms. The lowest BCUT2D eigenvalue weighted by molar-refractivity contribution is -0.550. The van der Waals surface area contributed by atoms with Gasteiger partial charge in [-0.05, 0) is 109 Å². The van der Waals surface area contributed by atoms with E-state index in [9.17, 15) is 10.1 Å². The van der Waals surface area contributed by atoms with E-state index in [1.54, 1.807) is 0 Å². The van der Waals surface area contributed by atoms with E-state index < -0.39 is 5.00 Å². The van der Waals surface area contributed by atoms with E-state index in [4.69, 9.17) is 11.6 Å². The van der Waals surface area contributed by atoms with Gasteiger partial charge in [0.25, 0.3) is 5.00 Å². The minimum absolute atomic E-state index is 0.194. The lowest BCUT2D eigenvalue weighted by atomic mass is 9.44. The minimum atomic E-state index is -1.20. The third-order valence-electron chi connectivity index (χ3n) is 11.2. The van der Waals surface area contributed by atoms with Crippen molar-refractivity contribution in [2.24, 2.45) is 52.3 Å². The molecule has 178 valence electrons. The molecule has 0 aromatic heterocycles. The van der Waals surface area contributed by atoms with Crippen molar-refractivity contribution >= 4 is 11.6 Å². The zero-order chi connectivity index (χ0) is 22.6. The Hall–Kier alpha value is -0.310. The van der Waals surface area contributed by atoms with Gasteiger partial charge in [-0.25, -0.2) is 0 Å². The van der Waals surface area contributed by atoms with E-state index in [2.05, 4.69) is 34.6 Å². The Bertz CT molecular complexity index is 682. The Morgan fingerprint density at radius 2 is 1.65 bits per heavy atom. The summed E-state index contributed by atoms with van der Waals surface area (Å²) in [7, 11) is 0. The number of nitrogens with zero attached hydrogens (tertiary/aromatic N) is 1. The summed E-state index contributed by atoms with van der Waals surface area (Å²) < 4.78 is 0. The first-order valence-electron chi connectivity index (χ1n) is 13.3. The van der Waals surface area contributed by atoms with Crippen molar-refractivity contribution in [1.29, 1.82) is 0 Å². The average Bonchev–Trinajstić information content (AvgIpc) is 3.05. The molecule has 0 radical (unpaired) electrons. The van der Waals surface area contributed by atoms with Gasteiger partial charge in [-0.2, -0.15) is 0 Å². The first kappa shape index (κ1) is 23.8. The van der Waals surface area contributed by atoms with E-state index >= 15 is 0 Å². The molecule has 31 heavy (non-hydrogen) atoms. The van der Waals surface area contributed by atoms with Crippen LogP contribution < -0.4 is 0 Å². The topological polar surface area (TPSA) is 43.1 Å². The average molecular weight is 452 g/mol. The van der Waals surface area contributed by atoms with Crippen molar-refractivity contribution in [2.75, 3.05) is 0 Å². The Kier molecular flexibility index (Phi) is 6.52. The summed E-state index contributed by atoms with van der Waals surface area (Å²) in [5, 5.41) is 11.6. The largest absolute Gasteiger partial charge is 0.295 e. The molecule has 4 heteroatoms. The van der Waals surface area contributed by atoms with Crippen LogP contribution >= 0.6 is 11.6 Å². The van der Waals surface area contributed by atoms with Crippen LogP contribution in [0.25, 0.3) is 0 Å². The van der Waals surface area contributed by atoms with Gasteiger partial charge in [-0.15, -0.1) is 0 Å². The molecule has 0 aliphatic heterocycles. The van der Waals surface area contributed by atoms with Gasteiger partial charge in [0.15, 0.2) is 0 Å². The lowest BCUT2D eigenvalue weighted by Gasteiger charge is -2.61. The first-order valence-corrected chi connectivity index (χ1v) is 13.7. The van der Waals surface area contributed by atoms with Crippen LogP contribution in [0, 0.1) is 62.4 Å². The van der Waals surface area contributed by atoms with Crippen LogP contribution in [0.1, 0.15) is 112 Å². The molecule has 4 fully saturated rings. The fraction of sp³-hybridized carbons (Fsp3) is 1.00. The van der Waals surface area contributed by atoms with Gasteiger partial charge in [-0.3, -0.25) is 10.1 Å². The molecule has 0 amide bonds. The monoisotopic (exact) mass is 451 g/mol. The third-order valence-corrected chi connectivity index (χ3v) is 11.7. The van der Waals surface area contributed by atoms with Gasteiger partial charge >= 0.3 is 0 Å². The molecule has 9 atom stereocenters. The summed E-state index contributed by atoms with van der Waals surface area (Å²) >= 11 is 6.49. The van der Waals surface area contributed by atoms with Crippen LogP contribution in [-0.4, -0.2) is 9.92 Å². The van der Waals surface area contributed by atoms with Gasteiger partial charge in [0.05, 0.1) is 0 Å². The van der Waals surface area contributed by atoms with Crippen molar-refractivity contribution in [2.45, 2.75) is 117 Å². The van der Waals surface area contributed by atoms with Crippen molar-refractivity contribution < 1.29 is 4.92 Å². The molecule has 0 aromatic carbocycles. The van der Waals surface area contributed by atoms with Gasteiger partial charge < -0.3 is 0 Å². The molecule has 0 heterocycles. The van der Waals surface area contributed by atoms with Crippen molar-refractivity contribution in [3.05, 3.63) is 10.1 Å². The lowest BCUT2D eigenvalue weighted by Crippen LogP contribution is -2.56. The molecule has 0 saturated heterocycles. The Labute approximate surface area is 195 Å². The number of fused-ring (bicyclic) bond motifs is 5. The maximum atomic E-state index is 11.6. The zero-order valence-electron chi connectivity index (χ0n) is 20.7. The van der Waals surface area contributed by atoms with Crippen LogP contribution in [0.15, 0.2) is 0 Å². The van der Waals surface area contributed by atoms with Crippen molar-refractivity contribution in [3.63, 3.8) is 0 Å². The standard InChI is InChI=1S/C27H46ClNO2/c1-18(2)7-6-8-19(3)22-11-12-23-21-10-9-20-17-27(28,29(30)31)16-15-25(20,4)24(21)13-14-26(22,23)5/h18-24H,6-17H2,1-5H3/t19-,20+,21?,22?,23?,24?,25?,26?,27+/m1/s1. The Morgan fingerprint density at radius 3 is 2.32 bits per heavy atom. The SMILES string of the molecule is CC(C)CCC[C@@H](C)C1CCC2C3CC[C@H]4C[C@@](Cl)([N+](=O)[O-])CCC4(C)C3CCC21C. The third kappa shape index (κ3) is 3.97. The molecule has 4 aliphatic carbocycles. The molecule has 4 saturated carbocycles. The van der Waals surface area contributed by atoms with E-state index in [-0.39, 0.29) is 10.3 Å². The summed E-state index contributed by atoms with van der Waals surface area (Å²) in [5.41, 5.74) is 0.785. The zero-order valence-corrected chi connectivity index (χ0v) is 21.4. The van der Waals surface area contributed by atoms with Gasteiger partial charge in [0, 0.05) is 17.8 Å². The highest BCUT2D eigenvalue weighted by molar-refractivity contribution is 6.22. The molecule has 6 unspecified atom stereocenters. The maximum Gasteiger partial charge on any atom is 0.295 e. The van der Waals surface area contributed by atoms with E-state index in [0.717, 1.165) is 48.3 Å². The van der Waals surface area contributed by atoms with Gasteiger partial charge in [-0.1, -0.05) is 53.9 Å². The molecule has 0 aromatic rings. The second kappa shape index (κ2) is 8.48. The second-order valence-electron chi connectivity index (χ2n) is 13.1. The predicted molar refractivity (Wildman–Crippen MR) is 129 cm³/mol. The number of hydrogen-bond acceptors (Lipinski definition) is 2. The van der Waals surface area contributed by atoms with Crippen LogP contribution in [0.2, 0.25) is 0 Å². The highest BCUT2D eigenvalue weighted by Gasteiger charge is 2.63. The molecule has 4 rings (SSSR count). The fourth-order valence-corrected chi connectivity index (χ4v) is 9.67. The van der Waals surface area contributed by atoms with Gasteiger partial charge in [0.2, 0.25) is 0 Å². The summed E-state index contributed by atoms with van der Waals surface area (Å²) in [6.07, 6.45) is 14.2. The number of hydrogen-bond donors (Lipinski definition) is 0. The molecule has 3 nitrogen and oxygen atoms in total. The van der Waals surface area contributed by atoms with Gasteiger partial charge in [0.1, 0.15) is 0 Å². The van der Waals surface area contributed by atoms with Crippen LogP contribution in [0.3, 0.4) is 0 Å². The summed E-state index contributed by atoms with van der Waals surface area (Å²) in [6, 6.07) is 0. The normalized spacial score (nSPS) is 48.0. The van der Waals surface area contributed by atoms with Crippen LogP contribution in [-0.2, 0) is 0 Å². The summed E-state index contributed by atoms with van der Waals surface area (Å²) in [5.74, 6) is 5.47. The Balaban J connectivity index is 1.47. The highest BCUT2D eigenvalue weighted by Crippen LogP contribution is 2.69. The smallest absolute Gasteiger partial charge is 0.263 e. The van der Waals surface area contributed by atoms with Crippen molar-refractivity contribution in [3.8, 4) is 0 Å². The summed E-state index contributed by atoms with van der Waals surface area (Å²) in [4.78, 5) is 10.2. The minimum Gasteiger partial charge on any atom is -0.263 e. The van der Waals surface area contributed by atoms with E-state index in [0.29, 0.717) is 24.2 Å².